The fraction of sp³-hybridized carbons (Fsp3) is 0. The predicted molar refractivity (Wildman–Crippen MR) is 182 cm³/mol. The zero-order chi connectivity index (χ0) is 29.3. The van der Waals surface area contributed by atoms with Gasteiger partial charge in [0, 0.05) is 26.0 Å². The van der Waals surface area contributed by atoms with Crippen molar-refractivity contribution in [2.24, 2.45) is 0 Å². The van der Waals surface area contributed by atoms with E-state index in [-0.39, 0.29) is 0 Å². The van der Waals surface area contributed by atoms with E-state index in [0.717, 1.165) is 71.1 Å². The summed E-state index contributed by atoms with van der Waals surface area (Å²) >= 11 is 3.67. The molecule has 0 fully saturated rings. The van der Waals surface area contributed by atoms with Gasteiger partial charge in [0.1, 0.15) is 22.3 Å². The van der Waals surface area contributed by atoms with Crippen LogP contribution in [-0.4, -0.2) is 0 Å². The summed E-state index contributed by atoms with van der Waals surface area (Å²) in [5, 5.41) is 4.47. The lowest BCUT2D eigenvalue weighted by Crippen LogP contribution is -2.19. The molecule has 2 aromatic heterocycles. The first kappa shape index (κ1) is 25.9. The minimum atomic E-state index is -3.65. The van der Waals surface area contributed by atoms with Crippen molar-refractivity contribution in [1.82, 2.24) is 0 Å². The number of anilines is 4. The van der Waals surface area contributed by atoms with Crippen LogP contribution in [0.4, 0.5) is 22.7 Å². The van der Waals surface area contributed by atoms with Gasteiger partial charge in [-0.05, 0) is 72.8 Å². The van der Waals surface area contributed by atoms with Crippen LogP contribution < -0.4 is 9.34 Å². The minimum Gasteiger partial charge on any atom is -0.456 e. The second-order valence-corrected chi connectivity index (χ2v) is 13.7. The molecule has 1 unspecified atom stereocenters. The largest absolute Gasteiger partial charge is 0.456 e. The summed E-state index contributed by atoms with van der Waals surface area (Å²) in [4.78, 5) is 0. The van der Waals surface area contributed by atoms with Crippen LogP contribution in [0.25, 0.3) is 43.9 Å². The summed E-state index contributed by atoms with van der Waals surface area (Å²) in [6, 6.07) is 33.9. The van der Waals surface area contributed by atoms with E-state index < -0.39 is 7.44 Å². The van der Waals surface area contributed by atoms with Crippen molar-refractivity contribution in [2.75, 3.05) is 9.34 Å². The SMILES string of the molecule is C=C/C=C(\C=C)P1(=O)N(c2ccc3oc4ccccc4c3c2)c2ccc(Br)cc2N1c1ccc2oc3ccccc3c2c1. The molecule has 0 N–H and O–H groups in total. The van der Waals surface area contributed by atoms with Crippen molar-refractivity contribution in [3.63, 3.8) is 0 Å². The second kappa shape index (κ2) is 9.63. The zero-order valence-corrected chi connectivity index (χ0v) is 25.4. The molecule has 0 aliphatic carbocycles. The van der Waals surface area contributed by atoms with Crippen molar-refractivity contribution in [3.05, 3.63) is 144 Å². The van der Waals surface area contributed by atoms with Crippen LogP contribution in [0.15, 0.2) is 153 Å². The van der Waals surface area contributed by atoms with E-state index in [1.165, 1.54) is 0 Å². The zero-order valence-electron chi connectivity index (χ0n) is 22.9. The number of rotatable bonds is 5. The Hall–Kier alpha value is -4.77. The monoisotopic (exact) mass is 642 g/mol. The van der Waals surface area contributed by atoms with Gasteiger partial charge < -0.3 is 8.83 Å². The van der Waals surface area contributed by atoms with Crippen LogP contribution in [0.2, 0.25) is 0 Å². The number of fused-ring (bicyclic) bond motifs is 7. The highest BCUT2D eigenvalue weighted by Crippen LogP contribution is 2.75. The summed E-state index contributed by atoms with van der Waals surface area (Å²) in [7, 11) is -3.65. The third kappa shape index (κ3) is 3.73. The Kier molecular flexibility index (Phi) is 5.80. The van der Waals surface area contributed by atoms with Gasteiger partial charge in [-0.2, -0.15) is 0 Å². The van der Waals surface area contributed by atoms with Gasteiger partial charge in [0.2, 0.25) is 0 Å². The first-order valence-corrected chi connectivity index (χ1v) is 16.2. The molecule has 5 aromatic carbocycles. The highest BCUT2D eigenvalue weighted by Gasteiger charge is 2.49. The summed E-state index contributed by atoms with van der Waals surface area (Å²) < 4.78 is 33.1. The molecule has 0 spiro atoms. The highest BCUT2D eigenvalue weighted by molar-refractivity contribution is 9.10. The van der Waals surface area contributed by atoms with Crippen LogP contribution in [-0.2, 0) is 4.57 Å². The summed E-state index contributed by atoms with van der Waals surface area (Å²) in [5.74, 6) is 0. The third-order valence-electron chi connectivity index (χ3n) is 7.98. The maximum atomic E-state index is 16.0. The van der Waals surface area contributed by atoms with Crippen LogP contribution >= 0.6 is 23.4 Å². The molecule has 0 amide bonds. The average molecular weight is 643 g/mol. The van der Waals surface area contributed by atoms with Gasteiger partial charge in [0.25, 0.3) is 0 Å². The number of nitrogens with zero attached hydrogens (tertiary/aromatic N) is 2. The topological polar surface area (TPSA) is 49.8 Å². The summed E-state index contributed by atoms with van der Waals surface area (Å²) in [6.45, 7) is 8.02. The molecule has 7 aromatic rings. The number of halogens is 1. The molecule has 0 radical (unpaired) electrons. The first-order valence-electron chi connectivity index (χ1n) is 13.8. The molecule has 0 saturated heterocycles. The van der Waals surface area contributed by atoms with Crippen LogP contribution in [0.1, 0.15) is 0 Å². The number of hydrogen-bond acceptors (Lipinski definition) is 3. The van der Waals surface area contributed by atoms with E-state index >= 15 is 4.57 Å². The molecule has 3 heterocycles. The van der Waals surface area contributed by atoms with Crippen LogP contribution in [0, 0.1) is 0 Å². The smallest absolute Gasteiger partial charge is 0.301 e. The molecule has 7 heteroatoms. The Morgan fingerprint density at radius 3 is 1.74 bits per heavy atom. The molecular weight excluding hydrogens is 619 g/mol. The van der Waals surface area contributed by atoms with E-state index in [9.17, 15) is 0 Å². The second-order valence-electron chi connectivity index (χ2n) is 10.4. The molecule has 0 saturated carbocycles. The summed E-state index contributed by atoms with van der Waals surface area (Å²) in [5.41, 5.74) is 6.33. The lowest BCUT2D eigenvalue weighted by Gasteiger charge is -2.33. The average Bonchev–Trinajstić information content (AvgIpc) is 3.66. The van der Waals surface area contributed by atoms with Crippen molar-refractivity contribution >= 4 is 90.0 Å². The highest BCUT2D eigenvalue weighted by atomic mass is 79.9. The van der Waals surface area contributed by atoms with Crippen molar-refractivity contribution in [3.8, 4) is 0 Å². The Labute approximate surface area is 256 Å². The van der Waals surface area contributed by atoms with Gasteiger partial charge in [-0.1, -0.05) is 77.6 Å². The van der Waals surface area contributed by atoms with Gasteiger partial charge in [0.05, 0.1) is 28.1 Å². The number of allylic oxidation sites excluding steroid dienone is 4. The normalized spacial score (nSPS) is 16.9. The number of hydrogen-bond donors (Lipinski definition) is 0. The first-order chi connectivity index (χ1) is 21.0. The predicted octanol–water partition coefficient (Wildman–Crippen LogP) is 12.0. The molecule has 208 valence electrons. The number of para-hydroxylation sites is 2. The maximum absolute atomic E-state index is 16.0. The van der Waals surface area contributed by atoms with Gasteiger partial charge >= 0.3 is 7.44 Å². The Balaban J connectivity index is 1.43. The van der Waals surface area contributed by atoms with Crippen LogP contribution in [0.3, 0.4) is 0 Å². The Morgan fingerprint density at radius 1 is 0.651 bits per heavy atom. The fourth-order valence-electron chi connectivity index (χ4n) is 6.15. The van der Waals surface area contributed by atoms with E-state index in [1.807, 2.05) is 100 Å². The molecule has 1 atom stereocenters. The standard InChI is InChI=1S/C36H24BrN2O3P/c1-3-9-26(4-2)43(40)38(24-15-18-35-29(21-24)27-10-5-7-12-33(27)41-35)31-17-14-23(37)20-32(31)39(43)25-16-19-36-30(22-25)28-11-6-8-13-34(28)42-36/h3-22H,1-2H2/b26-9+. The van der Waals surface area contributed by atoms with Crippen molar-refractivity contribution < 1.29 is 13.4 Å². The van der Waals surface area contributed by atoms with Gasteiger partial charge in [-0.25, -0.2) is 0 Å². The lowest BCUT2D eigenvalue weighted by molar-refractivity contribution is 0.581. The Bertz CT molecular complexity index is 2370. The minimum absolute atomic E-state index is 0.559. The van der Waals surface area contributed by atoms with E-state index in [1.54, 1.807) is 18.2 Å². The molecule has 0 bridgehead atoms. The lowest BCUT2D eigenvalue weighted by atomic mass is 10.1. The molecule has 8 rings (SSSR count). The van der Waals surface area contributed by atoms with Crippen molar-refractivity contribution in [2.45, 2.75) is 0 Å². The molecule has 1 aliphatic heterocycles. The Morgan fingerprint density at radius 2 is 1.19 bits per heavy atom. The number of furan rings is 2. The van der Waals surface area contributed by atoms with E-state index in [2.05, 4.69) is 41.2 Å². The third-order valence-corrected chi connectivity index (χ3v) is 11.5. The molecule has 43 heavy (non-hydrogen) atoms. The fourth-order valence-corrected chi connectivity index (χ4v) is 9.46. The van der Waals surface area contributed by atoms with Crippen molar-refractivity contribution in [1.29, 1.82) is 0 Å². The van der Waals surface area contributed by atoms with Crippen LogP contribution in [0.5, 0.6) is 0 Å². The molecule has 5 nitrogen and oxygen atoms in total. The van der Waals surface area contributed by atoms with Gasteiger partial charge in [-0.15, -0.1) is 0 Å². The summed E-state index contributed by atoms with van der Waals surface area (Å²) in [6.07, 6.45) is 5.11. The maximum Gasteiger partial charge on any atom is 0.301 e. The van der Waals surface area contributed by atoms with Gasteiger partial charge in [0.15, 0.2) is 0 Å². The van der Waals surface area contributed by atoms with E-state index in [4.69, 9.17) is 8.83 Å². The molecular formula is C36H24BrN2O3P. The van der Waals surface area contributed by atoms with E-state index in [0.29, 0.717) is 5.31 Å². The molecule has 1 aliphatic rings. The van der Waals surface area contributed by atoms with Gasteiger partial charge in [-0.3, -0.25) is 13.9 Å². The number of benzene rings is 5. The quantitative estimate of drug-likeness (QED) is 0.138.